The van der Waals surface area contributed by atoms with E-state index < -0.39 is 11.6 Å². The molecule has 0 bridgehead atoms. The highest BCUT2D eigenvalue weighted by Gasteiger charge is 2.34. The van der Waals surface area contributed by atoms with Crippen LogP contribution in [0.25, 0.3) is 0 Å². The fraction of sp³-hybridized carbons (Fsp3) is 0.500. The number of halogens is 3. The number of rotatable bonds is 5. The number of ether oxygens (including phenoxy) is 1. The van der Waals surface area contributed by atoms with Crippen LogP contribution in [0, 0.1) is 17.6 Å². The Balaban J connectivity index is 2.05. The van der Waals surface area contributed by atoms with Crippen LogP contribution in [-0.4, -0.2) is 31.7 Å². The van der Waals surface area contributed by atoms with Crippen LogP contribution >= 0.6 is 15.9 Å². The van der Waals surface area contributed by atoms with Crippen LogP contribution in [0.4, 0.5) is 14.5 Å². The number of hydrogen-bond acceptors (Lipinski definition) is 3. The zero-order valence-electron chi connectivity index (χ0n) is 11.6. The average Bonchev–Trinajstić information content (AvgIpc) is 2.91. The Kier molecular flexibility index (Phi) is 5.66. The minimum absolute atomic E-state index is 0.0468. The SMILES string of the molecule is CCCNC1COCC1C(=O)Nc1cc(Br)c(F)cc1F. The Bertz CT molecular complexity index is 528. The molecule has 116 valence electrons. The number of carbonyl (C=O) groups excluding carboxylic acids is 1. The summed E-state index contributed by atoms with van der Waals surface area (Å²) in [7, 11) is 0. The van der Waals surface area contributed by atoms with E-state index in [0.29, 0.717) is 6.61 Å². The second-order valence-corrected chi connectivity index (χ2v) is 5.79. The Hall–Kier alpha value is -1.05. The van der Waals surface area contributed by atoms with Gasteiger partial charge < -0.3 is 15.4 Å². The normalized spacial score (nSPS) is 21.5. The maximum Gasteiger partial charge on any atom is 0.231 e. The molecule has 1 aliphatic heterocycles. The molecule has 7 heteroatoms. The third kappa shape index (κ3) is 3.99. The molecular weight excluding hydrogens is 346 g/mol. The lowest BCUT2D eigenvalue weighted by Gasteiger charge is -2.18. The minimum Gasteiger partial charge on any atom is -0.379 e. The van der Waals surface area contributed by atoms with Crippen LogP contribution in [0.15, 0.2) is 16.6 Å². The molecule has 4 nitrogen and oxygen atoms in total. The third-order valence-electron chi connectivity index (χ3n) is 3.34. The van der Waals surface area contributed by atoms with Gasteiger partial charge in [0.25, 0.3) is 0 Å². The molecule has 2 atom stereocenters. The molecule has 21 heavy (non-hydrogen) atoms. The van der Waals surface area contributed by atoms with Gasteiger partial charge in [-0.2, -0.15) is 0 Å². The first-order chi connectivity index (χ1) is 10.0. The molecule has 0 saturated carbocycles. The lowest BCUT2D eigenvalue weighted by Crippen LogP contribution is -2.41. The van der Waals surface area contributed by atoms with E-state index in [4.69, 9.17) is 4.74 Å². The van der Waals surface area contributed by atoms with Gasteiger partial charge in [-0.1, -0.05) is 6.92 Å². The highest BCUT2D eigenvalue weighted by molar-refractivity contribution is 9.10. The first-order valence-corrected chi connectivity index (χ1v) is 7.58. The number of amides is 1. The molecule has 0 aromatic heterocycles. The molecule has 0 spiro atoms. The van der Waals surface area contributed by atoms with Gasteiger partial charge in [0.1, 0.15) is 11.6 Å². The van der Waals surface area contributed by atoms with Crippen molar-refractivity contribution in [2.45, 2.75) is 19.4 Å². The van der Waals surface area contributed by atoms with Gasteiger partial charge in [0, 0.05) is 12.1 Å². The van der Waals surface area contributed by atoms with E-state index in [1.807, 2.05) is 6.92 Å². The second-order valence-electron chi connectivity index (χ2n) is 4.94. The Morgan fingerprint density at radius 2 is 2.14 bits per heavy atom. The van der Waals surface area contributed by atoms with E-state index in [0.717, 1.165) is 19.0 Å². The summed E-state index contributed by atoms with van der Waals surface area (Å²) >= 11 is 2.97. The highest BCUT2D eigenvalue weighted by Crippen LogP contribution is 2.25. The zero-order valence-corrected chi connectivity index (χ0v) is 13.2. The van der Waals surface area contributed by atoms with E-state index in [2.05, 4.69) is 26.6 Å². The van der Waals surface area contributed by atoms with Crippen molar-refractivity contribution < 1.29 is 18.3 Å². The largest absolute Gasteiger partial charge is 0.379 e. The number of hydrogen-bond donors (Lipinski definition) is 2. The van der Waals surface area contributed by atoms with Gasteiger partial charge in [-0.25, -0.2) is 8.78 Å². The minimum atomic E-state index is -0.805. The number of carbonyl (C=O) groups is 1. The molecule has 0 radical (unpaired) electrons. The Morgan fingerprint density at radius 3 is 2.86 bits per heavy atom. The zero-order chi connectivity index (χ0) is 15.4. The van der Waals surface area contributed by atoms with E-state index in [1.54, 1.807) is 0 Å². The fourth-order valence-electron chi connectivity index (χ4n) is 2.19. The van der Waals surface area contributed by atoms with Gasteiger partial charge in [0.05, 0.1) is 29.3 Å². The topological polar surface area (TPSA) is 50.4 Å². The monoisotopic (exact) mass is 362 g/mol. The molecular formula is C14H17BrF2N2O2. The maximum atomic E-state index is 13.7. The molecule has 1 saturated heterocycles. The highest BCUT2D eigenvalue weighted by atomic mass is 79.9. The quantitative estimate of drug-likeness (QED) is 0.791. The molecule has 0 aliphatic carbocycles. The van der Waals surface area contributed by atoms with E-state index in [9.17, 15) is 13.6 Å². The fourth-order valence-corrected chi connectivity index (χ4v) is 2.53. The van der Waals surface area contributed by atoms with Crippen molar-refractivity contribution in [3.8, 4) is 0 Å². The van der Waals surface area contributed by atoms with Crippen molar-refractivity contribution in [2.24, 2.45) is 5.92 Å². The molecule has 1 aliphatic rings. The van der Waals surface area contributed by atoms with Crippen LogP contribution in [0.3, 0.4) is 0 Å². The van der Waals surface area contributed by atoms with Gasteiger partial charge in [0.15, 0.2) is 0 Å². The summed E-state index contributed by atoms with van der Waals surface area (Å²) < 4.78 is 32.2. The molecule has 2 N–H and O–H groups in total. The summed E-state index contributed by atoms with van der Waals surface area (Å²) in [6, 6.07) is 1.86. The third-order valence-corrected chi connectivity index (χ3v) is 3.95. The van der Waals surface area contributed by atoms with Crippen LogP contribution in [-0.2, 0) is 9.53 Å². The molecule has 2 unspecified atom stereocenters. The lowest BCUT2D eigenvalue weighted by atomic mass is 10.0. The predicted octanol–water partition coefficient (Wildman–Crippen LogP) is 2.68. The number of anilines is 1. The molecule has 2 rings (SSSR count). The standard InChI is InChI=1S/C14H17BrF2N2O2/c1-2-3-18-13-7-21-6-8(13)14(20)19-12-4-9(15)10(16)5-11(12)17/h4-5,8,13,18H,2-3,6-7H2,1H3,(H,19,20). The van der Waals surface area contributed by atoms with Crippen molar-refractivity contribution in [1.82, 2.24) is 5.32 Å². The van der Waals surface area contributed by atoms with Gasteiger partial charge in [0.2, 0.25) is 5.91 Å². The summed E-state index contributed by atoms with van der Waals surface area (Å²) in [5, 5.41) is 5.73. The Morgan fingerprint density at radius 1 is 1.38 bits per heavy atom. The van der Waals surface area contributed by atoms with Crippen molar-refractivity contribution in [2.75, 3.05) is 25.1 Å². The van der Waals surface area contributed by atoms with Crippen molar-refractivity contribution in [1.29, 1.82) is 0 Å². The van der Waals surface area contributed by atoms with Crippen molar-refractivity contribution in [3.05, 3.63) is 28.2 Å². The summed E-state index contributed by atoms with van der Waals surface area (Å²) in [6.07, 6.45) is 0.949. The summed E-state index contributed by atoms with van der Waals surface area (Å²) in [4.78, 5) is 12.2. The van der Waals surface area contributed by atoms with Crippen LogP contribution < -0.4 is 10.6 Å². The van der Waals surface area contributed by atoms with Gasteiger partial charge in [-0.3, -0.25) is 4.79 Å². The molecule has 1 heterocycles. The molecule has 1 fully saturated rings. The summed E-state index contributed by atoms with van der Waals surface area (Å²) in [6.45, 7) is 3.56. The lowest BCUT2D eigenvalue weighted by molar-refractivity contribution is -0.120. The first kappa shape index (κ1) is 16.3. The molecule has 1 amide bonds. The van der Waals surface area contributed by atoms with Crippen molar-refractivity contribution >= 4 is 27.5 Å². The van der Waals surface area contributed by atoms with Gasteiger partial charge in [-0.05, 0) is 35.0 Å². The van der Waals surface area contributed by atoms with E-state index in [1.165, 1.54) is 6.07 Å². The molecule has 1 aromatic carbocycles. The van der Waals surface area contributed by atoms with E-state index >= 15 is 0 Å². The Labute approximate surface area is 130 Å². The number of benzene rings is 1. The smallest absolute Gasteiger partial charge is 0.231 e. The van der Waals surface area contributed by atoms with Crippen molar-refractivity contribution in [3.63, 3.8) is 0 Å². The molecule has 1 aromatic rings. The summed E-state index contributed by atoms with van der Waals surface area (Å²) in [5.41, 5.74) is -0.0468. The van der Waals surface area contributed by atoms with Crippen LogP contribution in [0.5, 0.6) is 0 Å². The summed E-state index contributed by atoms with van der Waals surface area (Å²) in [5.74, 6) is -2.24. The van der Waals surface area contributed by atoms with Crippen LogP contribution in [0.2, 0.25) is 0 Å². The first-order valence-electron chi connectivity index (χ1n) is 6.79. The predicted molar refractivity (Wildman–Crippen MR) is 79.1 cm³/mol. The van der Waals surface area contributed by atoms with Crippen LogP contribution in [0.1, 0.15) is 13.3 Å². The maximum absolute atomic E-state index is 13.7. The number of nitrogens with one attached hydrogen (secondary N) is 2. The van der Waals surface area contributed by atoms with Gasteiger partial charge >= 0.3 is 0 Å². The average molecular weight is 363 g/mol. The second kappa shape index (κ2) is 7.29. The van der Waals surface area contributed by atoms with Gasteiger partial charge in [-0.15, -0.1) is 0 Å². The van der Waals surface area contributed by atoms with E-state index in [-0.39, 0.29) is 34.6 Å².